The molecule has 0 fully saturated rings. The third-order valence-corrected chi connectivity index (χ3v) is 2.98. The van der Waals surface area contributed by atoms with E-state index in [-0.39, 0.29) is 5.75 Å². The third-order valence-electron chi connectivity index (χ3n) is 2.98. The SMILES string of the molecule is NCc1ccc2c(-c3cccc(O)c3)n[nH]c2c1. The molecule has 1 heterocycles. The summed E-state index contributed by atoms with van der Waals surface area (Å²) >= 11 is 0. The van der Waals surface area contributed by atoms with E-state index in [1.54, 1.807) is 18.2 Å². The highest BCUT2D eigenvalue weighted by atomic mass is 16.3. The van der Waals surface area contributed by atoms with Crippen LogP contribution in [0.25, 0.3) is 22.2 Å². The quantitative estimate of drug-likeness (QED) is 0.642. The summed E-state index contributed by atoms with van der Waals surface area (Å²) in [5.74, 6) is 0.238. The zero-order chi connectivity index (χ0) is 12.5. The Morgan fingerprint density at radius 3 is 2.83 bits per heavy atom. The topological polar surface area (TPSA) is 74.9 Å². The molecule has 90 valence electrons. The van der Waals surface area contributed by atoms with Gasteiger partial charge in [-0.05, 0) is 23.8 Å². The van der Waals surface area contributed by atoms with Crippen molar-refractivity contribution < 1.29 is 5.11 Å². The molecule has 0 amide bonds. The van der Waals surface area contributed by atoms with E-state index in [1.165, 1.54) is 0 Å². The molecule has 0 saturated heterocycles. The van der Waals surface area contributed by atoms with Crippen LogP contribution in [0.2, 0.25) is 0 Å². The van der Waals surface area contributed by atoms with Gasteiger partial charge in [0.05, 0.1) is 5.52 Å². The number of benzene rings is 2. The molecular formula is C14H13N3O. The predicted octanol–water partition coefficient (Wildman–Crippen LogP) is 2.39. The van der Waals surface area contributed by atoms with E-state index in [0.717, 1.165) is 27.7 Å². The second kappa shape index (κ2) is 4.16. The minimum atomic E-state index is 0.238. The van der Waals surface area contributed by atoms with Gasteiger partial charge in [0.2, 0.25) is 0 Å². The van der Waals surface area contributed by atoms with Gasteiger partial charge in [-0.2, -0.15) is 5.10 Å². The minimum Gasteiger partial charge on any atom is -0.508 e. The number of H-pyrrole nitrogens is 1. The number of aromatic hydroxyl groups is 1. The second-order valence-corrected chi connectivity index (χ2v) is 4.21. The van der Waals surface area contributed by atoms with Crippen LogP contribution in [0.3, 0.4) is 0 Å². The summed E-state index contributed by atoms with van der Waals surface area (Å²) < 4.78 is 0. The summed E-state index contributed by atoms with van der Waals surface area (Å²) in [6, 6.07) is 13.1. The van der Waals surface area contributed by atoms with Crippen molar-refractivity contribution in [3.05, 3.63) is 48.0 Å². The van der Waals surface area contributed by atoms with Crippen LogP contribution in [0.15, 0.2) is 42.5 Å². The van der Waals surface area contributed by atoms with Crippen LogP contribution in [0.1, 0.15) is 5.56 Å². The Morgan fingerprint density at radius 1 is 1.17 bits per heavy atom. The van der Waals surface area contributed by atoms with Gasteiger partial charge >= 0.3 is 0 Å². The number of hydrogen-bond acceptors (Lipinski definition) is 3. The number of nitrogens with two attached hydrogens (primary N) is 1. The highest BCUT2D eigenvalue weighted by Gasteiger charge is 2.08. The Bertz CT molecular complexity index is 703. The van der Waals surface area contributed by atoms with E-state index < -0.39 is 0 Å². The van der Waals surface area contributed by atoms with Crippen LogP contribution >= 0.6 is 0 Å². The Labute approximate surface area is 104 Å². The lowest BCUT2D eigenvalue weighted by molar-refractivity contribution is 0.475. The lowest BCUT2D eigenvalue weighted by Gasteiger charge is -2.00. The molecule has 0 aliphatic heterocycles. The standard InChI is InChI=1S/C14H13N3O/c15-8-9-4-5-12-13(6-9)16-17-14(12)10-2-1-3-11(18)7-10/h1-7,18H,8,15H2,(H,16,17). The number of hydrogen-bond donors (Lipinski definition) is 3. The Hall–Kier alpha value is -2.33. The van der Waals surface area contributed by atoms with Crippen molar-refractivity contribution in [2.24, 2.45) is 5.73 Å². The van der Waals surface area contributed by atoms with Crippen LogP contribution in [-0.2, 0) is 6.54 Å². The number of rotatable bonds is 2. The van der Waals surface area contributed by atoms with Crippen LogP contribution in [-0.4, -0.2) is 15.3 Å². The van der Waals surface area contributed by atoms with Crippen LogP contribution < -0.4 is 5.73 Å². The molecule has 0 aliphatic rings. The van der Waals surface area contributed by atoms with Gasteiger partial charge in [0.15, 0.2) is 0 Å². The van der Waals surface area contributed by atoms with E-state index in [2.05, 4.69) is 10.2 Å². The molecule has 4 heteroatoms. The average molecular weight is 239 g/mol. The first-order chi connectivity index (χ1) is 8.78. The fourth-order valence-corrected chi connectivity index (χ4v) is 2.07. The van der Waals surface area contributed by atoms with Gasteiger partial charge < -0.3 is 10.8 Å². The van der Waals surface area contributed by atoms with E-state index in [9.17, 15) is 5.11 Å². The van der Waals surface area contributed by atoms with Gasteiger partial charge in [-0.15, -0.1) is 0 Å². The molecule has 0 aliphatic carbocycles. The lowest BCUT2D eigenvalue weighted by atomic mass is 10.1. The van der Waals surface area contributed by atoms with E-state index in [0.29, 0.717) is 6.54 Å². The molecule has 0 radical (unpaired) electrons. The number of nitrogens with one attached hydrogen (secondary N) is 1. The maximum Gasteiger partial charge on any atom is 0.116 e. The molecule has 0 saturated carbocycles. The molecule has 3 aromatic rings. The lowest BCUT2D eigenvalue weighted by Crippen LogP contribution is -1.95. The van der Waals surface area contributed by atoms with Crippen molar-refractivity contribution in [1.29, 1.82) is 0 Å². The number of aromatic nitrogens is 2. The van der Waals surface area contributed by atoms with Gasteiger partial charge in [0.1, 0.15) is 11.4 Å². The summed E-state index contributed by atoms with van der Waals surface area (Å²) in [5.41, 5.74) is 9.36. The number of phenols is 1. The van der Waals surface area contributed by atoms with Crippen LogP contribution in [0, 0.1) is 0 Å². The smallest absolute Gasteiger partial charge is 0.116 e. The van der Waals surface area contributed by atoms with Crippen molar-refractivity contribution in [3.63, 3.8) is 0 Å². The molecule has 2 aromatic carbocycles. The minimum absolute atomic E-state index is 0.238. The molecule has 3 rings (SSSR count). The van der Waals surface area contributed by atoms with Gasteiger partial charge in [-0.25, -0.2) is 0 Å². The summed E-state index contributed by atoms with van der Waals surface area (Å²) in [6.45, 7) is 0.510. The molecular weight excluding hydrogens is 226 g/mol. The van der Waals surface area contributed by atoms with Crippen molar-refractivity contribution in [2.45, 2.75) is 6.54 Å². The largest absolute Gasteiger partial charge is 0.508 e. The first-order valence-corrected chi connectivity index (χ1v) is 5.74. The Morgan fingerprint density at radius 2 is 2.06 bits per heavy atom. The first kappa shape index (κ1) is 10.8. The van der Waals surface area contributed by atoms with Crippen molar-refractivity contribution in [3.8, 4) is 17.0 Å². The van der Waals surface area contributed by atoms with Crippen molar-refractivity contribution >= 4 is 10.9 Å². The highest BCUT2D eigenvalue weighted by Crippen LogP contribution is 2.28. The molecule has 18 heavy (non-hydrogen) atoms. The fraction of sp³-hybridized carbons (Fsp3) is 0.0714. The number of aromatic amines is 1. The normalized spacial score (nSPS) is 10.9. The number of phenolic OH excluding ortho intramolecular Hbond substituents is 1. The molecule has 0 atom stereocenters. The summed E-state index contributed by atoms with van der Waals surface area (Å²) in [7, 11) is 0. The predicted molar refractivity (Wildman–Crippen MR) is 71.1 cm³/mol. The number of nitrogens with zero attached hydrogens (tertiary/aromatic N) is 1. The first-order valence-electron chi connectivity index (χ1n) is 5.74. The van der Waals surface area contributed by atoms with E-state index >= 15 is 0 Å². The van der Waals surface area contributed by atoms with Crippen molar-refractivity contribution in [2.75, 3.05) is 0 Å². The average Bonchev–Trinajstić information content (AvgIpc) is 2.81. The summed E-state index contributed by atoms with van der Waals surface area (Å²) in [6.07, 6.45) is 0. The van der Waals surface area contributed by atoms with Crippen LogP contribution in [0.4, 0.5) is 0 Å². The van der Waals surface area contributed by atoms with Gasteiger partial charge in [0.25, 0.3) is 0 Å². The zero-order valence-electron chi connectivity index (χ0n) is 9.72. The molecule has 0 unspecified atom stereocenters. The number of fused-ring (bicyclic) bond motifs is 1. The monoisotopic (exact) mass is 239 g/mol. The molecule has 4 nitrogen and oxygen atoms in total. The molecule has 0 spiro atoms. The maximum absolute atomic E-state index is 9.51. The van der Waals surface area contributed by atoms with E-state index in [1.807, 2.05) is 24.3 Å². The van der Waals surface area contributed by atoms with Gasteiger partial charge in [-0.1, -0.05) is 24.3 Å². The van der Waals surface area contributed by atoms with E-state index in [4.69, 9.17) is 5.73 Å². The third kappa shape index (κ3) is 1.72. The molecule has 1 aromatic heterocycles. The Kier molecular flexibility index (Phi) is 2.50. The molecule has 0 bridgehead atoms. The summed E-state index contributed by atoms with van der Waals surface area (Å²) in [4.78, 5) is 0. The van der Waals surface area contributed by atoms with Gasteiger partial charge in [-0.3, -0.25) is 5.10 Å². The zero-order valence-corrected chi connectivity index (χ0v) is 9.72. The second-order valence-electron chi connectivity index (χ2n) is 4.21. The maximum atomic E-state index is 9.51. The Balaban J connectivity index is 2.18. The van der Waals surface area contributed by atoms with Crippen molar-refractivity contribution in [1.82, 2.24) is 10.2 Å². The highest BCUT2D eigenvalue weighted by molar-refractivity contribution is 5.93. The van der Waals surface area contributed by atoms with Crippen LogP contribution in [0.5, 0.6) is 5.75 Å². The fourth-order valence-electron chi connectivity index (χ4n) is 2.07. The molecule has 4 N–H and O–H groups in total. The summed E-state index contributed by atoms with van der Waals surface area (Å²) in [5, 5.41) is 17.8. The van der Waals surface area contributed by atoms with Gasteiger partial charge in [0, 0.05) is 17.5 Å².